The van der Waals surface area contributed by atoms with Crippen molar-refractivity contribution in [3.8, 4) is 6.07 Å². The molecule has 0 N–H and O–H groups in total. The number of rotatable bonds is 3. The highest BCUT2D eigenvalue weighted by molar-refractivity contribution is 4.91. The minimum Gasteiger partial charge on any atom is -0.198 e. The summed E-state index contributed by atoms with van der Waals surface area (Å²) in [7, 11) is 0. The Morgan fingerprint density at radius 1 is 1.62 bits per heavy atom. The summed E-state index contributed by atoms with van der Waals surface area (Å²) in [6.07, 6.45) is 4.00. The van der Waals surface area contributed by atoms with Crippen LogP contribution in [-0.4, -0.2) is 0 Å². The maximum absolute atomic E-state index is 8.38. The van der Waals surface area contributed by atoms with Gasteiger partial charge in [0.15, 0.2) is 0 Å². The maximum atomic E-state index is 8.38. The summed E-state index contributed by atoms with van der Waals surface area (Å²) in [5.41, 5.74) is 0. The summed E-state index contributed by atoms with van der Waals surface area (Å²) in [5.74, 6) is 0.181. The smallest absolute Gasteiger partial charge is 0.0658 e. The fourth-order valence-corrected chi connectivity index (χ4v) is 0.595. The lowest BCUT2D eigenvalue weighted by Crippen LogP contribution is -1.92. The van der Waals surface area contributed by atoms with E-state index in [9.17, 15) is 0 Å². The monoisotopic (exact) mass is 110 g/mol. The fourth-order valence-electron chi connectivity index (χ4n) is 0.595. The van der Waals surface area contributed by atoms with E-state index < -0.39 is 0 Å². The van der Waals surface area contributed by atoms with Gasteiger partial charge in [0.1, 0.15) is 0 Å². The van der Waals surface area contributed by atoms with Crippen LogP contribution in [-0.2, 0) is 0 Å². The van der Waals surface area contributed by atoms with E-state index in [0.717, 1.165) is 12.8 Å². The Balaban J connectivity index is 3.26. The Bertz CT molecular complexity index is 80.9. The van der Waals surface area contributed by atoms with E-state index in [2.05, 4.69) is 13.0 Å². The number of nitrogens with zero attached hydrogens (tertiary/aromatic N) is 1. The van der Waals surface area contributed by atoms with Crippen LogP contribution in [0.15, 0.2) is 0 Å². The molecular weight excluding hydrogens is 98.1 g/mol. The van der Waals surface area contributed by atoms with Crippen LogP contribution >= 0.6 is 0 Å². The first-order valence-electron chi connectivity index (χ1n) is 3.08. The van der Waals surface area contributed by atoms with E-state index in [1.807, 2.05) is 13.3 Å². The SMILES string of the molecule is CC[CH]C(C#N)CC. The number of hydrogen-bond acceptors (Lipinski definition) is 1. The van der Waals surface area contributed by atoms with Crippen LogP contribution < -0.4 is 0 Å². The van der Waals surface area contributed by atoms with Crippen LogP contribution in [0.4, 0.5) is 0 Å². The Kier molecular flexibility index (Phi) is 4.35. The zero-order chi connectivity index (χ0) is 6.41. The van der Waals surface area contributed by atoms with E-state index >= 15 is 0 Å². The summed E-state index contributed by atoms with van der Waals surface area (Å²) >= 11 is 0. The molecule has 0 rings (SSSR count). The molecule has 0 aromatic carbocycles. The molecule has 8 heavy (non-hydrogen) atoms. The van der Waals surface area contributed by atoms with Crippen molar-refractivity contribution in [1.29, 1.82) is 5.26 Å². The van der Waals surface area contributed by atoms with Crippen LogP contribution in [0.1, 0.15) is 26.7 Å². The quantitative estimate of drug-likeness (QED) is 0.546. The molecule has 0 aromatic heterocycles. The molecule has 1 unspecified atom stereocenters. The Morgan fingerprint density at radius 3 is 2.38 bits per heavy atom. The lowest BCUT2D eigenvalue weighted by Gasteiger charge is -1.98. The molecule has 1 heteroatoms. The molecule has 0 bridgehead atoms. The van der Waals surface area contributed by atoms with Gasteiger partial charge in [-0.25, -0.2) is 0 Å². The van der Waals surface area contributed by atoms with Gasteiger partial charge in [-0.05, 0) is 12.8 Å². The van der Waals surface area contributed by atoms with Crippen molar-refractivity contribution >= 4 is 0 Å². The molecule has 0 aliphatic carbocycles. The number of nitriles is 1. The first-order valence-corrected chi connectivity index (χ1v) is 3.08. The molecule has 0 spiro atoms. The van der Waals surface area contributed by atoms with Gasteiger partial charge in [0.05, 0.1) is 6.07 Å². The van der Waals surface area contributed by atoms with E-state index in [-0.39, 0.29) is 5.92 Å². The average molecular weight is 110 g/mol. The highest BCUT2D eigenvalue weighted by atomic mass is 14.3. The van der Waals surface area contributed by atoms with Gasteiger partial charge in [0.2, 0.25) is 0 Å². The van der Waals surface area contributed by atoms with Gasteiger partial charge in [0.25, 0.3) is 0 Å². The predicted molar refractivity (Wildman–Crippen MR) is 34.0 cm³/mol. The normalized spacial score (nSPS) is 12.6. The topological polar surface area (TPSA) is 23.8 Å². The summed E-state index contributed by atoms with van der Waals surface area (Å²) in [4.78, 5) is 0. The molecule has 0 fully saturated rings. The Labute approximate surface area is 51.3 Å². The Hall–Kier alpha value is -0.510. The molecule has 0 aromatic rings. The van der Waals surface area contributed by atoms with E-state index in [1.54, 1.807) is 0 Å². The molecule has 45 valence electrons. The highest BCUT2D eigenvalue weighted by Crippen LogP contribution is 2.06. The van der Waals surface area contributed by atoms with Crippen LogP contribution in [0.5, 0.6) is 0 Å². The highest BCUT2D eigenvalue weighted by Gasteiger charge is 1.99. The molecule has 1 atom stereocenters. The molecule has 0 saturated heterocycles. The van der Waals surface area contributed by atoms with Crippen molar-refractivity contribution in [2.75, 3.05) is 0 Å². The summed E-state index contributed by atoms with van der Waals surface area (Å²) in [5, 5.41) is 8.38. The minimum atomic E-state index is 0.181. The van der Waals surface area contributed by atoms with Gasteiger partial charge in [-0.2, -0.15) is 5.26 Å². The zero-order valence-electron chi connectivity index (χ0n) is 5.52. The van der Waals surface area contributed by atoms with Crippen molar-refractivity contribution < 1.29 is 0 Å². The third-order valence-corrected chi connectivity index (χ3v) is 1.13. The lowest BCUT2D eigenvalue weighted by molar-refractivity contribution is 0.704. The minimum absolute atomic E-state index is 0.181. The number of hydrogen-bond donors (Lipinski definition) is 0. The molecule has 0 heterocycles. The van der Waals surface area contributed by atoms with Gasteiger partial charge >= 0.3 is 0 Å². The van der Waals surface area contributed by atoms with Crippen LogP contribution in [0, 0.1) is 23.7 Å². The van der Waals surface area contributed by atoms with Crippen molar-refractivity contribution in [3.63, 3.8) is 0 Å². The van der Waals surface area contributed by atoms with Crippen LogP contribution in [0.2, 0.25) is 0 Å². The van der Waals surface area contributed by atoms with Gasteiger partial charge < -0.3 is 0 Å². The summed E-state index contributed by atoms with van der Waals surface area (Å²) in [6, 6.07) is 2.20. The van der Waals surface area contributed by atoms with Crippen LogP contribution in [0.25, 0.3) is 0 Å². The first-order chi connectivity index (χ1) is 3.85. The first kappa shape index (κ1) is 7.49. The maximum Gasteiger partial charge on any atom is 0.0658 e. The van der Waals surface area contributed by atoms with Crippen molar-refractivity contribution in [1.82, 2.24) is 0 Å². The second-order valence-electron chi connectivity index (χ2n) is 1.79. The molecule has 0 aliphatic heterocycles. The molecule has 0 aliphatic rings. The molecular formula is C7H12N. The predicted octanol–water partition coefficient (Wildman–Crippen LogP) is 2.15. The zero-order valence-corrected chi connectivity index (χ0v) is 5.52. The molecule has 0 saturated carbocycles. The molecule has 1 radical (unpaired) electrons. The van der Waals surface area contributed by atoms with Crippen molar-refractivity contribution in [3.05, 3.63) is 6.42 Å². The third-order valence-electron chi connectivity index (χ3n) is 1.13. The third kappa shape index (κ3) is 2.63. The summed E-state index contributed by atoms with van der Waals surface area (Å²) in [6.45, 7) is 4.08. The van der Waals surface area contributed by atoms with Crippen molar-refractivity contribution in [2.45, 2.75) is 26.7 Å². The van der Waals surface area contributed by atoms with Crippen LogP contribution in [0.3, 0.4) is 0 Å². The van der Waals surface area contributed by atoms with Gasteiger partial charge in [-0.1, -0.05) is 20.3 Å². The van der Waals surface area contributed by atoms with Crippen molar-refractivity contribution in [2.24, 2.45) is 5.92 Å². The molecule has 0 amide bonds. The average Bonchev–Trinajstić information content (AvgIpc) is 1.83. The molecule has 1 nitrogen and oxygen atoms in total. The fraction of sp³-hybridized carbons (Fsp3) is 0.714. The van der Waals surface area contributed by atoms with Gasteiger partial charge in [-0.3, -0.25) is 0 Å². The van der Waals surface area contributed by atoms with E-state index in [4.69, 9.17) is 5.26 Å². The largest absolute Gasteiger partial charge is 0.198 e. The van der Waals surface area contributed by atoms with E-state index in [0.29, 0.717) is 0 Å². The van der Waals surface area contributed by atoms with E-state index in [1.165, 1.54) is 0 Å². The summed E-state index contributed by atoms with van der Waals surface area (Å²) < 4.78 is 0. The standard InChI is InChI=1S/C7H12N/c1-3-5-7(4-2)6-8/h5,7H,3-4H2,1-2H3. The van der Waals surface area contributed by atoms with Gasteiger partial charge in [0, 0.05) is 5.92 Å². The second kappa shape index (κ2) is 4.64. The Morgan fingerprint density at radius 2 is 2.25 bits per heavy atom. The lowest BCUT2D eigenvalue weighted by atomic mass is 10.0. The van der Waals surface area contributed by atoms with Gasteiger partial charge in [-0.15, -0.1) is 0 Å². The second-order valence-corrected chi connectivity index (χ2v) is 1.79.